The zero-order valence-electron chi connectivity index (χ0n) is 20.8. The molecule has 4 heterocycles. The van der Waals surface area contributed by atoms with Crippen LogP contribution in [0.3, 0.4) is 0 Å². The summed E-state index contributed by atoms with van der Waals surface area (Å²) < 4.78 is 10.9. The van der Waals surface area contributed by atoms with Gasteiger partial charge in [-0.2, -0.15) is 0 Å². The van der Waals surface area contributed by atoms with Crippen LogP contribution in [0.5, 0.6) is 0 Å². The summed E-state index contributed by atoms with van der Waals surface area (Å²) >= 11 is 1.50. The number of rotatable bonds is 1. The molecule has 4 aliphatic heterocycles. The maximum atomic E-state index is 13.2. The molecule has 3 N–H and O–H groups in total. The predicted molar refractivity (Wildman–Crippen MR) is 135 cm³/mol. The number of carbonyl (C=O) groups excluding carboxylic acids is 4. The largest absolute Gasteiger partial charge is 0.462 e. The Balaban J connectivity index is 1.39. The number of aliphatic hydroxyl groups is 1. The second kappa shape index (κ2) is 10.5. The number of esters is 2. The lowest BCUT2D eigenvalue weighted by molar-refractivity contribution is -0.164. The molecule has 0 radical (unpaired) electrons. The fourth-order valence-electron chi connectivity index (χ4n) is 5.48. The van der Waals surface area contributed by atoms with Crippen LogP contribution in [0.15, 0.2) is 34.9 Å². The van der Waals surface area contributed by atoms with Gasteiger partial charge in [0.15, 0.2) is 0 Å². The summed E-state index contributed by atoms with van der Waals surface area (Å²) in [6.07, 6.45) is 0.688. The molecule has 2 saturated heterocycles. The maximum Gasteiger partial charge on any atom is 0.355 e. The van der Waals surface area contributed by atoms with E-state index in [-0.39, 0.29) is 47.9 Å². The van der Waals surface area contributed by atoms with Gasteiger partial charge in [-0.15, -0.1) is 11.8 Å². The van der Waals surface area contributed by atoms with Crippen molar-refractivity contribution in [2.75, 3.05) is 25.1 Å². The van der Waals surface area contributed by atoms with Crippen molar-refractivity contribution in [3.63, 3.8) is 0 Å². The molecule has 0 saturated carbocycles. The summed E-state index contributed by atoms with van der Waals surface area (Å²) in [4.78, 5) is 53.7. The van der Waals surface area contributed by atoms with E-state index >= 15 is 0 Å². The highest BCUT2D eigenvalue weighted by molar-refractivity contribution is 8.03. The first kappa shape index (κ1) is 25.7. The molecule has 5 rings (SSSR count). The molecule has 0 spiro atoms. The van der Waals surface area contributed by atoms with Crippen LogP contribution in [0.1, 0.15) is 43.5 Å². The fraction of sp³-hybridized carbons (Fsp3) is 0.538. The third kappa shape index (κ3) is 4.87. The van der Waals surface area contributed by atoms with E-state index in [2.05, 4.69) is 10.6 Å². The Morgan fingerprint density at radius 2 is 1.84 bits per heavy atom. The second-order valence-corrected chi connectivity index (χ2v) is 11.3. The van der Waals surface area contributed by atoms with E-state index in [1.54, 1.807) is 31.2 Å². The minimum absolute atomic E-state index is 0.00167. The van der Waals surface area contributed by atoms with Gasteiger partial charge in [-0.25, -0.2) is 9.59 Å². The summed E-state index contributed by atoms with van der Waals surface area (Å²) in [5.41, 5.74) is 1.10. The van der Waals surface area contributed by atoms with E-state index in [9.17, 15) is 24.3 Å². The van der Waals surface area contributed by atoms with Crippen molar-refractivity contribution in [1.29, 1.82) is 0 Å². The molecule has 0 aliphatic carbocycles. The molecular weight excluding hydrogens is 498 g/mol. The van der Waals surface area contributed by atoms with E-state index in [4.69, 9.17) is 9.47 Å². The third-order valence-corrected chi connectivity index (χ3v) is 8.88. The van der Waals surface area contributed by atoms with Gasteiger partial charge in [0.25, 0.3) is 0 Å². The summed E-state index contributed by atoms with van der Waals surface area (Å²) in [5.74, 6) is -2.26. The van der Waals surface area contributed by atoms with Crippen LogP contribution in [0, 0.1) is 11.8 Å². The Morgan fingerprint density at radius 1 is 1.11 bits per heavy atom. The molecule has 0 aromatic heterocycles. The number of ether oxygens (including phenoxy) is 2. The lowest BCUT2D eigenvalue weighted by atomic mass is 9.79. The standard InChI is InChI=1S/C26H31N3O7S/c1-13-20-19(14(2)30)24(32)29(20)21-22(13)37-17-11-18(27-12-17)23(31)28-16-7-5-6-15(10-16)25(33)35-8-3-4-9-36-26(21)34/h5-7,10,13-14,17-20,27,30H,3-4,8-9,11-12H2,1-2H3,(H,28,31)/t13-,14-,17+,18+,19-,20-/m1/s1. The number of anilines is 1. The maximum absolute atomic E-state index is 13.2. The van der Waals surface area contributed by atoms with Gasteiger partial charge >= 0.3 is 11.9 Å². The highest BCUT2D eigenvalue weighted by Crippen LogP contribution is 2.52. The van der Waals surface area contributed by atoms with Crippen LogP contribution in [0.2, 0.25) is 0 Å². The lowest BCUT2D eigenvalue weighted by Gasteiger charge is -2.46. The molecule has 11 heteroatoms. The number of aliphatic hydroxyl groups excluding tert-OH is 1. The normalized spacial score (nSPS) is 31.6. The monoisotopic (exact) mass is 529 g/mol. The van der Waals surface area contributed by atoms with Crippen molar-refractivity contribution in [3.05, 3.63) is 40.4 Å². The highest BCUT2D eigenvalue weighted by Gasteiger charge is 2.60. The van der Waals surface area contributed by atoms with E-state index in [1.807, 2.05) is 6.92 Å². The number of benzene rings is 1. The van der Waals surface area contributed by atoms with Crippen molar-refractivity contribution >= 4 is 41.2 Å². The molecule has 4 aliphatic rings. The summed E-state index contributed by atoms with van der Waals surface area (Å²) in [7, 11) is 0. The van der Waals surface area contributed by atoms with E-state index in [0.29, 0.717) is 37.1 Å². The summed E-state index contributed by atoms with van der Waals surface area (Å²) in [5, 5.41) is 16.3. The molecule has 1 aromatic carbocycles. The van der Waals surface area contributed by atoms with Gasteiger partial charge in [0.05, 0.1) is 42.9 Å². The first-order valence-corrected chi connectivity index (χ1v) is 13.5. The van der Waals surface area contributed by atoms with Crippen molar-refractivity contribution in [2.45, 2.75) is 56.5 Å². The first-order chi connectivity index (χ1) is 17.8. The van der Waals surface area contributed by atoms with Gasteiger partial charge in [-0.1, -0.05) is 13.0 Å². The average Bonchev–Trinajstić information content (AvgIpc) is 3.42. The van der Waals surface area contributed by atoms with E-state index in [1.165, 1.54) is 16.7 Å². The van der Waals surface area contributed by atoms with Crippen molar-refractivity contribution in [1.82, 2.24) is 10.2 Å². The number of cyclic esters (lactones) is 2. The molecule has 0 unspecified atom stereocenters. The number of hydrogen-bond donors (Lipinski definition) is 3. The van der Waals surface area contributed by atoms with Crippen LogP contribution in [0.4, 0.5) is 5.69 Å². The number of hydrogen-bond acceptors (Lipinski definition) is 9. The highest BCUT2D eigenvalue weighted by atomic mass is 32.2. The molecule has 6 atom stereocenters. The van der Waals surface area contributed by atoms with Gasteiger partial charge in [-0.3, -0.25) is 9.59 Å². The van der Waals surface area contributed by atoms with Gasteiger partial charge in [0.1, 0.15) is 5.70 Å². The predicted octanol–water partition coefficient (Wildman–Crippen LogP) is 1.65. The van der Waals surface area contributed by atoms with Crippen LogP contribution < -0.4 is 10.6 Å². The number of nitrogens with one attached hydrogen (secondary N) is 2. The van der Waals surface area contributed by atoms with Gasteiger partial charge < -0.3 is 30.1 Å². The average molecular weight is 530 g/mol. The topological polar surface area (TPSA) is 134 Å². The molecule has 2 amide bonds. The molecule has 1 aromatic rings. The number of nitrogens with zero attached hydrogens (tertiary/aromatic N) is 1. The van der Waals surface area contributed by atoms with Gasteiger partial charge in [0, 0.05) is 28.3 Å². The summed E-state index contributed by atoms with van der Waals surface area (Å²) in [6, 6.07) is 5.88. The quantitative estimate of drug-likeness (QED) is 0.367. The number of thioether (sulfide) groups is 1. The number of amides is 2. The zero-order chi connectivity index (χ0) is 26.3. The fourth-order valence-corrected chi connectivity index (χ4v) is 6.96. The minimum atomic E-state index is -0.821. The van der Waals surface area contributed by atoms with E-state index in [0.717, 1.165) is 4.91 Å². The van der Waals surface area contributed by atoms with Crippen LogP contribution >= 0.6 is 11.8 Å². The van der Waals surface area contributed by atoms with Crippen LogP contribution in [-0.4, -0.2) is 77.0 Å². The zero-order valence-corrected chi connectivity index (χ0v) is 21.6. The van der Waals surface area contributed by atoms with Crippen molar-refractivity contribution in [2.24, 2.45) is 11.8 Å². The number of β-lactam (4-membered cyclic amide) rings is 1. The smallest absolute Gasteiger partial charge is 0.355 e. The Morgan fingerprint density at radius 3 is 2.57 bits per heavy atom. The third-order valence-electron chi connectivity index (χ3n) is 7.37. The number of carbonyl (C=O) groups is 4. The van der Waals surface area contributed by atoms with Gasteiger partial charge in [0.2, 0.25) is 11.8 Å². The molecule has 4 bridgehead atoms. The van der Waals surface area contributed by atoms with Crippen LogP contribution in [-0.2, 0) is 23.9 Å². The van der Waals surface area contributed by atoms with Crippen molar-refractivity contribution in [3.8, 4) is 0 Å². The van der Waals surface area contributed by atoms with Crippen molar-refractivity contribution < 1.29 is 33.8 Å². The molecule has 198 valence electrons. The summed E-state index contributed by atoms with van der Waals surface area (Å²) in [6.45, 7) is 4.39. The van der Waals surface area contributed by atoms with Crippen LogP contribution in [0.25, 0.3) is 0 Å². The molecule has 10 nitrogen and oxygen atoms in total. The number of fused-ring (bicyclic) bond motifs is 6. The molecule has 37 heavy (non-hydrogen) atoms. The lowest BCUT2D eigenvalue weighted by Crippen LogP contribution is -2.63. The Bertz CT molecular complexity index is 1150. The second-order valence-electron chi connectivity index (χ2n) is 9.95. The Labute approximate surface area is 219 Å². The minimum Gasteiger partial charge on any atom is -0.462 e. The Kier molecular flexibility index (Phi) is 7.28. The SMILES string of the molecule is C[C@@H](O)[C@H]1C(=O)N2C3=C(S[C@@H]4CN[C@@H](C4)C(=O)Nc4cccc(c4)C(=O)OCCCCOC3=O)[C@H](C)[C@H]12. The first-order valence-electron chi connectivity index (χ1n) is 12.7. The van der Waals surface area contributed by atoms with Gasteiger partial charge in [-0.05, 0) is 44.4 Å². The Hall–Kier alpha value is -2.89. The van der Waals surface area contributed by atoms with E-state index < -0.39 is 30.0 Å². The molecule has 2 fully saturated rings. The molecular formula is C26H31N3O7S.